The zero-order valence-electron chi connectivity index (χ0n) is 9.45. The van der Waals surface area contributed by atoms with Crippen LogP contribution in [0.5, 0.6) is 0 Å². The van der Waals surface area contributed by atoms with Crippen LogP contribution < -0.4 is 5.32 Å². The summed E-state index contributed by atoms with van der Waals surface area (Å²) in [5.74, 6) is 1.02. The number of nitrogens with zero attached hydrogens (tertiary/aromatic N) is 2. The molecule has 1 aliphatic carbocycles. The summed E-state index contributed by atoms with van der Waals surface area (Å²) in [4.78, 5) is 19.0. The van der Waals surface area contributed by atoms with Gasteiger partial charge in [0, 0.05) is 12.8 Å². The molecule has 0 atom stereocenters. The van der Waals surface area contributed by atoms with Crippen molar-refractivity contribution in [3.05, 3.63) is 18.1 Å². The number of carbonyl (C=O) groups is 1. The molecule has 0 aliphatic heterocycles. The van der Waals surface area contributed by atoms with E-state index in [-0.39, 0.29) is 5.91 Å². The number of nitrogens with one attached hydrogen (secondary N) is 1. The fourth-order valence-corrected chi connectivity index (χ4v) is 1.17. The van der Waals surface area contributed by atoms with Crippen LogP contribution in [0.15, 0.2) is 12.4 Å². The van der Waals surface area contributed by atoms with Crippen molar-refractivity contribution in [1.82, 2.24) is 9.97 Å². The van der Waals surface area contributed by atoms with Gasteiger partial charge in [-0.25, -0.2) is 4.98 Å². The minimum absolute atomic E-state index is 0.117. The molecule has 0 spiro atoms. The molecule has 0 bridgehead atoms. The Morgan fingerprint density at radius 2 is 2.00 bits per heavy atom. The van der Waals surface area contributed by atoms with Crippen molar-refractivity contribution in [3.63, 3.8) is 0 Å². The number of hydrogen-bond donors (Lipinski definition) is 1. The van der Waals surface area contributed by atoms with E-state index in [0.717, 1.165) is 5.69 Å². The molecule has 1 amide bonds. The van der Waals surface area contributed by atoms with E-state index in [4.69, 9.17) is 0 Å². The Morgan fingerprint density at radius 3 is 2.40 bits per heavy atom. The maximum atomic E-state index is 10.7. The van der Waals surface area contributed by atoms with Crippen molar-refractivity contribution in [3.8, 4) is 0 Å². The van der Waals surface area contributed by atoms with Crippen LogP contribution in [-0.4, -0.2) is 15.9 Å². The van der Waals surface area contributed by atoms with Gasteiger partial charge in [0.05, 0.1) is 18.1 Å². The number of carbonyl (C=O) groups excluding carboxylic acids is 1. The summed E-state index contributed by atoms with van der Waals surface area (Å²) in [6.07, 6.45) is 5.78. The van der Waals surface area contributed by atoms with Gasteiger partial charge in [0.15, 0.2) is 5.82 Å². The van der Waals surface area contributed by atoms with Crippen LogP contribution in [0.25, 0.3) is 0 Å². The van der Waals surface area contributed by atoms with E-state index in [0.29, 0.717) is 11.7 Å². The minimum atomic E-state index is -0.117. The fourth-order valence-electron chi connectivity index (χ4n) is 1.17. The first-order valence-corrected chi connectivity index (χ1v) is 5.35. The topological polar surface area (TPSA) is 54.9 Å². The summed E-state index contributed by atoms with van der Waals surface area (Å²) in [6, 6.07) is 0. The summed E-state index contributed by atoms with van der Waals surface area (Å²) in [5.41, 5.74) is 1.04. The molecule has 0 radical (unpaired) electrons. The van der Waals surface area contributed by atoms with Crippen molar-refractivity contribution >= 4 is 11.7 Å². The second-order valence-electron chi connectivity index (χ2n) is 3.28. The Balaban J connectivity index is 0.000000531. The average molecular weight is 207 g/mol. The van der Waals surface area contributed by atoms with Crippen LogP contribution in [0.1, 0.15) is 45.2 Å². The molecular formula is C11H17N3O. The molecule has 0 saturated heterocycles. The monoisotopic (exact) mass is 207 g/mol. The lowest BCUT2D eigenvalue weighted by atomic mass is 10.3. The van der Waals surface area contributed by atoms with Crippen LogP contribution in [0.3, 0.4) is 0 Å². The lowest BCUT2D eigenvalue weighted by Gasteiger charge is -2.00. The van der Waals surface area contributed by atoms with Gasteiger partial charge in [0.1, 0.15) is 0 Å². The molecular weight excluding hydrogens is 190 g/mol. The molecule has 1 saturated carbocycles. The second kappa shape index (κ2) is 5.44. The van der Waals surface area contributed by atoms with Crippen LogP contribution in [0.2, 0.25) is 0 Å². The molecule has 0 unspecified atom stereocenters. The summed E-state index contributed by atoms with van der Waals surface area (Å²) in [5, 5.41) is 2.58. The molecule has 82 valence electrons. The Labute approximate surface area is 90.1 Å². The second-order valence-corrected chi connectivity index (χ2v) is 3.28. The van der Waals surface area contributed by atoms with Crippen LogP contribution in [0, 0.1) is 0 Å². The van der Waals surface area contributed by atoms with Gasteiger partial charge in [-0.3, -0.25) is 9.78 Å². The zero-order chi connectivity index (χ0) is 11.3. The van der Waals surface area contributed by atoms with E-state index in [1.54, 1.807) is 12.4 Å². The molecule has 4 nitrogen and oxygen atoms in total. The third kappa shape index (κ3) is 3.65. The Hall–Kier alpha value is -1.45. The smallest absolute Gasteiger partial charge is 0.222 e. The largest absolute Gasteiger partial charge is 0.310 e. The van der Waals surface area contributed by atoms with Crippen molar-refractivity contribution < 1.29 is 4.79 Å². The molecule has 1 aromatic heterocycles. The van der Waals surface area contributed by atoms with E-state index in [2.05, 4.69) is 15.3 Å². The van der Waals surface area contributed by atoms with Crippen molar-refractivity contribution in [2.24, 2.45) is 0 Å². The highest BCUT2D eigenvalue weighted by atomic mass is 16.1. The quantitative estimate of drug-likeness (QED) is 0.809. The molecule has 4 heteroatoms. The molecule has 1 fully saturated rings. The summed E-state index contributed by atoms with van der Waals surface area (Å²) < 4.78 is 0. The number of amides is 1. The van der Waals surface area contributed by atoms with Gasteiger partial charge in [-0.2, -0.15) is 0 Å². The lowest BCUT2D eigenvalue weighted by molar-refractivity contribution is -0.114. The molecule has 1 N–H and O–H groups in total. The first-order chi connectivity index (χ1) is 7.25. The first kappa shape index (κ1) is 11.6. The highest BCUT2D eigenvalue weighted by molar-refractivity contribution is 5.87. The summed E-state index contributed by atoms with van der Waals surface area (Å²) in [7, 11) is 0. The summed E-state index contributed by atoms with van der Waals surface area (Å²) in [6.45, 7) is 5.45. The molecule has 1 aliphatic rings. The SMILES string of the molecule is CC.CC(=O)Nc1cnc(C2CC2)cn1. The first-order valence-electron chi connectivity index (χ1n) is 5.35. The Morgan fingerprint density at radius 1 is 1.33 bits per heavy atom. The Kier molecular flexibility index (Phi) is 4.21. The van der Waals surface area contributed by atoms with Gasteiger partial charge in [0.25, 0.3) is 0 Å². The van der Waals surface area contributed by atoms with E-state index in [1.165, 1.54) is 19.8 Å². The van der Waals surface area contributed by atoms with Gasteiger partial charge < -0.3 is 5.32 Å². The maximum absolute atomic E-state index is 10.7. The maximum Gasteiger partial charge on any atom is 0.222 e. The Bertz CT molecular complexity index is 317. The van der Waals surface area contributed by atoms with Gasteiger partial charge >= 0.3 is 0 Å². The molecule has 0 aromatic carbocycles. The molecule has 1 heterocycles. The highest BCUT2D eigenvalue weighted by Gasteiger charge is 2.24. The van der Waals surface area contributed by atoms with E-state index in [1.807, 2.05) is 13.8 Å². The van der Waals surface area contributed by atoms with E-state index in [9.17, 15) is 4.79 Å². The van der Waals surface area contributed by atoms with Gasteiger partial charge in [-0.1, -0.05) is 13.8 Å². The number of aromatic nitrogens is 2. The van der Waals surface area contributed by atoms with Crippen molar-refractivity contribution in [2.45, 2.75) is 39.5 Å². The lowest BCUT2D eigenvalue weighted by Crippen LogP contribution is -2.07. The standard InChI is InChI=1S/C9H11N3O.C2H6/c1-6(13)12-9-5-10-8(4-11-9)7-2-3-7;1-2/h4-5,7H,2-3H2,1H3,(H,11,12,13);1-2H3. The van der Waals surface area contributed by atoms with Gasteiger partial charge in [-0.05, 0) is 12.8 Å². The third-order valence-corrected chi connectivity index (χ3v) is 1.97. The summed E-state index contributed by atoms with van der Waals surface area (Å²) >= 11 is 0. The van der Waals surface area contributed by atoms with E-state index >= 15 is 0 Å². The number of anilines is 1. The normalized spacial score (nSPS) is 13.8. The average Bonchev–Trinajstić information content (AvgIpc) is 3.05. The van der Waals surface area contributed by atoms with Crippen LogP contribution >= 0.6 is 0 Å². The minimum Gasteiger partial charge on any atom is -0.310 e. The molecule has 1 aromatic rings. The highest BCUT2D eigenvalue weighted by Crippen LogP contribution is 2.38. The predicted molar refractivity (Wildman–Crippen MR) is 59.7 cm³/mol. The zero-order valence-corrected chi connectivity index (χ0v) is 9.45. The van der Waals surface area contributed by atoms with Crippen molar-refractivity contribution in [2.75, 3.05) is 5.32 Å². The number of hydrogen-bond acceptors (Lipinski definition) is 3. The van der Waals surface area contributed by atoms with E-state index < -0.39 is 0 Å². The van der Waals surface area contributed by atoms with Gasteiger partial charge in [-0.15, -0.1) is 0 Å². The van der Waals surface area contributed by atoms with Crippen LogP contribution in [0.4, 0.5) is 5.82 Å². The van der Waals surface area contributed by atoms with Crippen LogP contribution in [-0.2, 0) is 4.79 Å². The molecule has 2 rings (SSSR count). The van der Waals surface area contributed by atoms with Crippen molar-refractivity contribution in [1.29, 1.82) is 0 Å². The van der Waals surface area contributed by atoms with Gasteiger partial charge in [0.2, 0.25) is 5.91 Å². The molecule has 15 heavy (non-hydrogen) atoms. The predicted octanol–water partition coefficient (Wildman–Crippen LogP) is 2.34. The third-order valence-electron chi connectivity index (χ3n) is 1.97. The fraction of sp³-hybridized carbons (Fsp3) is 0.545. The number of rotatable bonds is 2.